The first-order chi connectivity index (χ1) is 8.64. The van der Waals surface area contributed by atoms with E-state index in [0.717, 1.165) is 43.4 Å². The molecule has 1 rings (SSSR count). The fourth-order valence-electron chi connectivity index (χ4n) is 2.67. The van der Waals surface area contributed by atoms with Gasteiger partial charge in [0.15, 0.2) is 0 Å². The zero-order chi connectivity index (χ0) is 13.7. The van der Waals surface area contributed by atoms with Crippen LogP contribution in [0.25, 0.3) is 0 Å². The van der Waals surface area contributed by atoms with Crippen molar-refractivity contribution in [2.75, 3.05) is 0 Å². The lowest BCUT2D eigenvalue weighted by molar-refractivity contribution is 0.171. The molecule has 0 aromatic carbocycles. The largest absolute Gasteiger partial charge is 0.388 e. The first-order valence-electron chi connectivity index (χ1n) is 7.42. The van der Waals surface area contributed by atoms with Crippen molar-refractivity contribution in [3.63, 3.8) is 0 Å². The highest BCUT2D eigenvalue weighted by molar-refractivity contribution is 5.29. The van der Waals surface area contributed by atoms with Gasteiger partial charge in [0.05, 0.1) is 17.8 Å². The summed E-state index contributed by atoms with van der Waals surface area (Å²) in [6, 6.07) is 0.461. The van der Waals surface area contributed by atoms with Gasteiger partial charge >= 0.3 is 0 Å². The van der Waals surface area contributed by atoms with E-state index in [9.17, 15) is 5.11 Å². The van der Waals surface area contributed by atoms with E-state index in [1.54, 1.807) is 0 Å². The molecule has 3 heteroatoms. The molecule has 0 fully saturated rings. The Labute approximate surface area is 111 Å². The minimum atomic E-state index is -0.363. The lowest BCUT2D eigenvalue weighted by Crippen LogP contribution is -2.13. The van der Waals surface area contributed by atoms with Crippen LogP contribution >= 0.6 is 0 Å². The third-order valence-electron chi connectivity index (χ3n) is 3.80. The maximum Gasteiger partial charge on any atom is 0.0823 e. The normalized spacial score (nSPS) is 13.3. The monoisotopic (exact) mass is 252 g/mol. The van der Waals surface area contributed by atoms with Gasteiger partial charge in [-0.15, -0.1) is 0 Å². The zero-order valence-electron chi connectivity index (χ0n) is 12.5. The molecule has 3 nitrogen and oxygen atoms in total. The molecule has 0 saturated heterocycles. The van der Waals surface area contributed by atoms with Gasteiger partial charge in [0, 0.05) is 11.3 Å². The van der Waals surface area contributed by atoms with Gasteiger partial charge in [-0.25, -0.2) is 0 Å². The average Bonchev–Trinajstić information content (AvgIpc) is 2.77. The molecule has 0 spiro atoms. The Morgan fingerprint density at radius 1 is 1.00 bits per heavy atom. The number of aliphatic hydroxyl groups is 1. The lowest BCUT2D eigenvalue weighted by atomic mass is 10.0. The summed E-state index contributed by atoms with van der Waals surface area (Å²) in [5, 5.41) is 15.0. The Bertz CT molecular complexity index is 367. The first kappa shape index (κ1) is 15.2. The Morgan fingerprint density at radius 2 is 1.61 bits per heavy atom. The molecule has 1 N–H and O–H groups in total. The van der Waals surface area contributed by atoms with Gasteiger partial charge in [0.1, 0.15) is 0 Å². The summed E-state index contributed by atoms with van der Waals surface area (Å²) >= 11 is 0. The smallest absolute Gasteiger partial charge is 0.0823 e. The van der Waals surface area contributed by atoms with Gasteiger partial charge in [0.2, 0.25) is 0 Å². The summed E-state index contributed by atoms with van der Waals surface area (Å²) in [4.78, 5) is 0. The summed E-state index contributed by atoms with van der Waals surface area (Å²) in [5.41, 5.74) is 3.40. The highest BCUT2D eigenvalue weighted by Gasteiger charge is 2.23. The van der Waals surface area contributed by atoms with Crippen molar-refractivity contribution in [1.82, 2.24) is 9.78 Å². The summed E-state index contributed by atoms with van der Waals surface area (Å²) in [6.07, 6.45) is 4.42. The predicted molar refractivity (Wildman–Crippen MR) is 75.9 cm³/mol. The van der Waals surface area contributed by atoms with Crippen LogP contribution in [-0.4, -0.2) is 14.9 Å². The number of nitrogens with zero attached hydrogens (tertiary/aromatic N) is 2. The van der Waals surface area contributed by atoms with E-state index in [2.05, 4.69) is 32.4 Å². The average molecular weight is 252 g/mol. The van der Waals surface area contributed by atoms with Crippen LogP contribution in [0.4, 0.5) is 0 Å². The molecule has 0 bridgehead atoms. The number of aromatic nitrogens is 2. The second-order valence-electron chi connectivity index (χ2n) is 4.85. The molecule has 1 atom stereocenters. The number of aryl methyl sites for hydroxylation is 1. The number of rotatable bonds is 7. The van der Waals surface area contributed by atoms with Crippen molar-refractivity contribution in [3.05, 3.63) is 17.0 Å². The Kier molecular flexibility index (Phi) is 5.86. The van der Waals surface area contributed by atoms with E-state index in [4.69, 9.17) is 5.10 Å². The van der Waals surface area contributed by atoms with Crippen LogP contribution in [0.2, 0.25) is 0 Å². The highest BCUT2D eigenvalue weighted by Crippen LogP contribution is 2.29. The molecular weight excluding hydrogens is 224 g/mol. The quantitative estimate of drug-likeness (QED) is 0.801. The third kappa shape index (κ3) is 2.77. The van der Waals surface area contributed by atoms with Gasteiger partial charge in [-0.1, -0.05) is 34.6 Å². The third-order valence-corrected chi connectivity index (χ3v) is 3.80. The van der Waals surface area contributed by atoms with E-state index < -0.39 is 0 Å². The fourth-order valence-corrected chi connectivity index (χ4v) is 2.67. The van der Waals surface area contributed by atoms with Crippen LogP contribution in [0.3, 0.4) is 0 Å². The molecule has 104 valence electrons. The van der Waals surface area contributed by atoms with Crippen molar-refractivity contribution in [2.24, 2.45) is 0 Å². The lowest BCUT2D eigenvalue weighted by Gasteiger charge is -2.17. The molecule has 0 aliphatic rings. The van der Waals surface area contributed by atoms with Gasteiger partial charge in [0.25, 0.3) is 0 Å². The Balaban J connectivity index is 3.32. The summed E-state index contributed by atoms with van der Waals surface area (Å²) in [7, 11) is 0. The minimum Gasteiger partial charge on any atom is -0.388 e. The van der Waals surface area contributed by atoms with Gasteiger partial charge < -0.3 is 5.11 Å². The molecule has 0 amide bonds. The molecule has 0 radical (unpaired) electrons. The molecule has 1 heterocycles. The minimum absolute atomic E-state index is 0.363. The second kappa shape index (κ2) is 6.93. The first-order valence-corrected chi connectivity index (χ1v) is 7.42. The molecule has 0 aliphatic carbocycles. The van der Waals surface area contributed by atoms with E-state index >= 15 is 0 Å². The highest BCUT2D eigenvalue weighted by atomic mass is 16.3. The standard InChI is InChI=1S/C15H28N2O/c1-6-11(7-2)17-13(9-4)15(14(18)10-5)12(8-3)16-17/h11,14,18H,6-10H2,1-5H3. The second-order valence-corrected chi connectivity index (χ2v) is 4.85. The Hall–Kier alpha value is -0.830. The van der Waals surface area contributed by atoms with E-state index in [-0.39, 0.29) is 6.10 Å². The van der Waals surface area contributed by atoms with Crippen LogP contribution in [0.5, 0.6) is 0 Å². The molecule has 0 saturated carbocycles. The number of hydrogen-bond donors (Lipinski definition) is 1. The van der Waals surface area contributed by atoms with E-state index in [0.29, 0.717) is 6.04 Å². The summed E-state index contributed by atoms with van der Waals surface area (Å²) in [5.74, 6) is 0. The van der Waals surface area contributed by atoms with Crippen molar-refractivity contribution in [3.8, 4) is 0 Å². The zero-order valence-corrected chi connectivity index (χ0v) is 12.5. The van der Waals surface area contributed by atoms with Gasteiger partial charge in [-0.3, -0.25) is 4.68 Å². The van der Waals surface area contributed by atoms with E-state index in [1.165, 1.54) is 5.69 Å². The van der Waals surface area contributed by atoms with Gasteiger partial charge in [-0.05, 0) is 32.1 Å². The molecule has 1 aromatic heterocycles. The van der Waals surface area contributed by atoms with Crippen LogP contribution < -0.4 is 0 Å². The van der Waals surface area contributed by atoms with Crippen LogP contribution in [-0.2, 0) is 12.8 Å². The number of hydrogen-bond acceptors (Lipinski definition) is 2. The van der Waals surface area contributed by atoms with Crippen molar-refractivity contribution >= 4 is 0 Å². The van der Waals surface area contributed by atoms with Crippen LogP contribution in [0, 0.1) is 0 Å². The molecule has 0 aliphatic heterocycles. The SMILES string of the molecule is CCc1nn(C(CC)CC)c(CC)c1C(O)CC. The Morgan fingerprint density at radius 3 is 2.00 bits per heavy atom. The maximum absolute atomic E-state index is 10.2. The van der Waals surface area contributed by atoms with Crippen molar-refractivity contribution < 1.29 is 5.11 Å². The molecular formula is C15H28N2O. The van der Waals surface area contributed by atoms with Crippen molar-refractivity contribution in [2.45, 2.75) is 78.9 Å². The predicted octanol–water partition coefficient (Wildman–Crippen LogP) is 3.81. The number of aliphatic hydroxyl groups excluding tert-OH is 1. The molecule has 18 heavy (non-hydrogen) atoms. The fraction of sp³-hybridized carbons (Fsp3) is 0.800. The van der Waals surface area contributed by atoms with E-state index in [1.807, 2.05) is 6.92 Å². The van der Waals surface area contributed by atoms with Crippen LogP contribution in [0.15, 0.2) is 0 Å². The maximum atomic E-state index is 10.2. The van der Waals surface area contributed by atoms with Crippen LogP contribution in [0.1, 0.15) is 83.0 Å². The topological polar surface area (TPSA) is 38.0 Å². The van der Waals surface area contributed by atoms with Crippen molar-refractivity contribution in [1.29, 1.82) is 0 Å². The summed E-state index contributed by atoms with van der Waals surface area (Å²) < 4.78 is 2.17. The van der Waals surface area contributed by atoms with Gasteiger partial charge in [-0.2, -0.15) is 5.10 Å². The molecule has 1 unspecified atom stereocenters. The molecule has 1 aromatic rings. The summed E-state index contributed by atoms with van der Waals surface area (Å²) in [6.45, 7) is 10.7.